The van der Waals surface area contributed by atoms with E-state index in [4.69, 9.17) is 9.72 Å². The van der Waals surface area contributed by atoms with E-state index in [1.54, 1.807) is 25.3 Å². The highest BCUT2D eigenvalue weighted by Crippen LogP contribution is 2.42. The second-order valence-electron chi connectivity index (χ2n) is 9.40. The Bertz CT molecular complexity index is 1400. The van der Waals surface area contributed by atoms with Crippen LogP contribution in [0.15, 0.2) is 42.6 Å². The number of rotatable bonds is 4. The summed E-state index contributed by atoms with van der Waals surface area (Å²) < 4.78 is 20.9. The quantitative estimate of drug-likeness (QED) is 0.390. The van der Waals surface area contributed by atoms with Crippen molar-refractivity contribution in [3.8, 4) is 11.1 Å². The number of hydrogen-bond acceptors (Lipinski definition) is 4. The van der Waals surface area contributed by atoms with Crippen LogP contribution in [0.1, 0.15) is 49.3 Å². The Morgan fingerprint density at radius 2 is 1.82 bits per heavy atom. The van der Waals surface area contributed by atoms with Crippen LogP contribution in [0.2, 0.25) is 0 Å². The normalized spacial score (nSPS) is 12.9. The van der Waals surface area contributed by atoms with Gasteiger partial charge in [-0.3, -0.25) is 9.97 Å². The summed E-state index contributed by atoms with van der Waals surface area (Å²) in [5, 5.41) is 11.4. The summed E-state index contributed by atoms with van der Waals surface area (Å²) in [5.41, 5.74) is 4.58. The molecule has 0 spiro atoms. The number of carboxylic acid groups (broad SMARTS) is 1. The van der Waals surface area contributed by atoms with E-state index in [1.165, 1.54) is 6.07 Å². The predicted octanol–water partition coefficient (Wildman–Crippen LogP) is 6.46. The number of hydrogen-bond donors (Lipinski definition) is 1. The molecule has 170 valence electrons. The number of fused-ring (bicyclic) bond motifs is 2. The van der Waals surface area contributed by atoms with Gasteiger partial charge in [0.1, 0.15) is 5.82 Å². The first kappa shape index (κ1) is 22.8. The number of benzene rings is 2. The molecule has 4 rings (SSSR count). The molecule has 2 aromatic heterocycles. The number of halogens is 1. The van der Waals surface area contributed by atoms with Gasteiger partial charge < -0.3 is 9.84 Å². The van der Waals surface area contributed by atoms with Crippen molar-refractivity contribution in [2.24, 2.45) is 0 Å². The average molecular weight is 447 g/mol. The number of carbonyl (C=O) groups is 1. The largest absolute Gasteiger partial charge is 0.479 e. The molecular weight excluding hydrogens is 419 g/mol. The average Bonchev–Trinajstić information content (AvgIpc) is 2.71. The second kappa shape index (κ2) is 8.19. The van der Waals surface area contributed by atoms with Crippen molar-refractivity contribution in [2.75, 3.05) is 0 Å². The number of ether oxygens (including phenoxy) is 1. The minimum Gasteiger partial charge on any atom is -0.479 e. The number of nitrogens with zero attached hydrogens (tertiary/aromatic N) is 2. The molecule has 0 saturated carbocycles. The van der Waals surface area contributed by atoms with E-state index >= 15 is 0 Å². The van der Waals surface area contributed by atoms with E-state index in [0.717, 1.165) is 22.0 Å². The number of carboxylic acids is 1. The monoisotopic (exact) mass is 446 g/mol. The molecule has 0 aliphatic carbocycles. The van der Waals surface area contributed by atoms with E-state index < -0.39 is 17.7 Å². The Morgan fingerprint density at radius 1 is 1.09 bits per heavy atom. The molecule has 4 aromatic rings. The molecule has 5 nitrogen and oxygen atoms in total. The van der Waals surface area contributed by atoms with E-state index in [-0.39, 0.29) is 5.82 Å². The van der Waals surface area contributed by atoms with Gasteiger partial charge in [0.25, 0.3) is 0 Å². The summed E-state index contributed by atoms with van der Waals surface area (Å²) in [7, 11) is 0. The van der Waals surface area contributed by atoms with Crippen LogP contribution in [0, 0.1) is 26.6 Å². The van der Waals surface area contributed by atoms with Gasteiger partial charge >= 0.3 is 5.97 Å². The molecule has 0 radical (unpaired) electrons. The molecule has 2 aromatic carbocycles. The van der Waals surface area contributed by atoms with E-state index in [2.05, 4.69) is 4.98 Å². The molecule has 33 heavy (non-hydrogen) atoms. The van der Waals surface area contributed by atoms with Gasteiger partial charge in [-0.2, -0.15) is 0 Å². The zero-order chi connectivity index (χ0) is 24.1. The zero-order valence-electron chi connectivity index (χ0n) is 19.7. The molecule has 1 atom stereocenters. The van der Waals surface area contributed by atoms with Crippen LogP contribution in [-0.2, 0) is 9.53 Å². The SMILES string of the molecule is Cc1ccc2c(-c3ccc(F)c4c(C)ccnc34)c([C@H](OC(C)(C)C)C(=O)O)c(C)nc2c1. The summed E-state index contributed by atoms with van der Waals surface area (Å²) in [6, 6.07) is 10.7. The van der Waals surface area contributed by atoms with Crippen LogP contribution >= 0.6 is 0 Å². The molecule has 1 N–H and O–H groups in total. The van der Waals surface area contributed by atoms with Gasteiger partial charge in [0.2, 0.25) is 0 Å². The third-order valence-electron chi connectivity index (χ3n) is 5.65. The fourth-order valence-electron chi connectivity index (χ4n) is 4.29. The lowest BCUT2D eigenvalue weighted by atomic mass is 9.89. The van der Waals surface area contributed by atoms with Crippen molar-refractivity contribution in [3.63, 3.8) is 0 Å². The Hall–Kier alpha value is -3.38. The van der Waals surface area contributed by atoms with Crippen molar-refractivity contribution in [2.45, 2.75) is 53.2 Å². The number of aliphatic carboxylic acids is 1. The topological polar surface area (TPSA) is 72.3 Å². The molecular formula is C27H27FN2O3. The third-order valence-corrected chi connectivity index (χ3v) is 5.65. The lowest BCUT2D eigenvalue weighted by Crippen LogP contribution is -2.28. The van der Waals surface area contributed by atoms with Gasteiger partial charge in [-0.15, -0.1) is 0 Å². The highest BCUT2D eigenvalue weighted by molar-refractivity contribution is 6.06. The second-order valence-corrected chi connectivity index (χ2v) is 9.40. The van der Waals surface area contributed by atoms with Crippen LogP contribution in [0.5, 0.6) is 0 Å². The van der Waals surface area contributed by atoms with Crippen molar-refractivity contribution < 1.29 is 19.0 Å². The fraction of sp³-hybridized carbons (Fsp3) is 0.296. The van der Waals surface area contributed by atoms with Crippen LogP contribution in [0.25, 0.3) is 32.9 Å². The van der Waals surface area contributed by atoms with Crippen molar-refractivity contribution in [1.82, 2.24) is 9.97 Å². The summed E-state index contributed by atoms with van der Waals surface area (Å²) in [4.78, 5) is 21.7. The van der Waals surface area contributed by atoms with E-state index in [0.29, 0.717) is 33.3 Å². The van der Waals surface area contributed by atoms with Gasteiger partial charge in [-0.25, -0.2) is 9.18 Å². The molecule has 0 aliphatic heterocycles. The van der Waals surface area contributed by atoms with Gasteiger partial charge in [0.05, 0.1) is 16.6 Å². The summed E-state index contributed by atoms with van der Waals surface area (Å²) >= 11 is 0. The van der Waals surface area contributed by atoms with Gasteiger partial charge in [0.15, 0.2) is 6.10 Å². The maximum atomic E-state index is 14.8. The zero-order valence-corrected chi connectivity index (χ0v) is 19.7. The lowest BCUT2D eigenvalue weighted by molar-refractivity contribution is -0.160. The Balaban J connectivity index is 2.19. The predicted molar refractivity (Wildman–Crippen MR) is 128 cm³/mol. The summed E-state index contributed by atoms with van der Waals surface area (Å²) in [5.74, 6) is -1.48. The first-order valence-corrected chi connectivity index (χ1v) is 10.8. The number of aromatic nitrogens is 2. The molecule has 6 heteroatoms. The van der Waals surface area contributed by atoms with Crippen LogP contribution in [0.3, 0.4) is 0 Å². The minimum atomic E-state index is -1.26. The van der Waals surface area contributed by atoms with Crippen LogP contribution < -0.4 is 0 Å². The summed E-state index contributed by atoms with van der Waals surface area (Å²) in [6.07, 6.45) is 0.379. The molecule has 2 heterocycles. The smallest absolute Gasteiger partial charge is 0.337 e. The maximum Gasteiger partial charge on any atom is 0.337 e. The first-order chi connectivity index (χ1) is 15.5. The Morgan fingerprint density at radius 3 is 2.48 bits per heavy atom. The van der Waals surface area contributed by atoms with Crippen LogP contribution in [-0.4, -0.2) is 26.6 Å². The van der Waals surface area contributed by atoms with Gasteiger partial charge in [-0.05, 0) is 76.9 Å². The first-order valence-electron chi connectivity index (χ1n) is 10.8. The number of pyridine rings is 2. The number of aryl methyl sites for hydroxylation is 3. The lowest BCUT2D eigenvalue weighted by Gasteiger charge is -2.28. The van der Waals surface area contributed by atoms with Crippen molar-refractivity contribution in [3.05, 3.63) is 70.8 Å². The van der Waals surface area contributed by atoms with Crippen molar-refractivity contribution >= 4 is 27.8 Å². The van der Waals surface area contributed by atoms with E-state index in [9.17, 15) is 14.3 Å². The molecule has 0 fully saturated rings. The Kier molecular flexibility index (Phi) is 5.66. The summed E-state index contributed by atoms with van der Waals surface area (Å²) in [6.45, 7) is 11.0. The van der Waals surface area contributed by atoms with Gasteiger partial charge in [0, 0.05) is 39.4 Å². The molecule has 0 aliphatic rings. The third kappa shape index (κ3) is 4.18. The standard InChI is InChI=1S/C27H27FN2O3/c1-14-7-8-17-20(13-14)30-16(3)22(25(26(31)32)33-27(4,5)6)23(17)18-9-10-19(28)21-15(2)11-12-29-24(18)21/h7-13,25H,1-6H3,(H,31,32)/t25-/m0/s1. The minimum absolute atomic E-state index is 0.368. The highest BCUT2D eigenvalue weighted by atomic mass is 19.1. The van der Waals surface area contributed by atoms with Crippen molar-refractivity contribution in [1.29, 1.82) is 0 Å². The van der Waals surface area contributed by atoms with Gasteiger partial charge in [-0.1, -0.05) is 12.1 Å². The van der Waals surface area contributed by atoms with Crippen LogP contribution in [0.4, 0.5) is 4.39 Å². The maximum absolute atomic E-state index is 14.8. The Labute approximate surface area is 192 Å². The fourth-order valence-corrected chi connectivity index (χ4v) is 4.29. The molecule has 0 saturated heterocycles. The molecule has 0 unspecified atom stereocenters. The van der Waals surface area contributed by atoms with E-state index in [1.807, 2.05) is 52.8 Å². The molecule has 0 bridgehead atoms. The highest BCUT2D eigenvalue weighted by Gasteiger charge is 2.33. The molecule has 0 amide bonds.